The molecule has 2 aromatic carbocycles. The number of esters is 1. The Kier molecular flexibility index (Phi) is 6.01. The predicted octanol–water partition coefficient (Wildman–Crippen LogP) is 4.54. The molecule has 8 heteroatoms. The van der Waals surface area contributed by atoms with Gasteiger partial charge in [0.15, 0.2) is 0 Å². The van der Waals surface area contributed by atoms with Gasteiger partial charge in [-0.05, 0) is 36.4 Å². The van der Waals surface area contributed by atoms with Crippen LogP contribution in [0.1, 0.15) is 40.7 Å². The first-order chi connectivity index (χ1) is 13.4. The molecule has 1 heterocycles. The Morgan fingerprint density at radius 1 is 1.21 bits per heavy atom. The summed E-state index contributed by atoms with van der Waals surface area (Å²) in [5, 5.41) is 19.6. The third-order valence-corrected chi connectivity index (χ3v) is 5.26. The number of halogens is 1. The van der Waals surface area contributed by atoms with Gasteiger partial charge in [0.05, 0.1) is 19.3 Å². The number of hydrogen-bond acceptors (Lipinski definition) is 7. The van der Waals surface area contributed by atoms with Crippen LogP contribution in [0.2, 0.25) is 0 Å². The predicted molar refractivity (Wildman–Crippen MR) is 103 cm³/mol. The SMILES string of the molecule is COC(=O)c1cc(Oc2ccc(-c3nnc(C(C)C)s3)cc2)c(CO)cc1F. The smallest absolute Gasteiger partial charge is 0.340 e. The lowest BCUT2D eigenvalue weighted by atomic mass is 10.1. The molecule has 146 valence electrons. The summed E-state index contributed by atoms with van der Waals surface area (Å²) in [5.41, 5.74) is 0.856. The number of carbonyl (C=O) groups is 1. The Bertz CT molecular complexity index is 986. The van der Waals surface area contributed by atoms with E-state index < -0.39 is 18.4 Å². The van der Waals surface area contributed by atoms with Gasteiger partial charge in [-0.25, -0.2) is 9.18 Å². The quantitative estimate of drug-likeness (QED) is 0.610. The summed E-state index contributed by atoms with van der Waals surface area (Å²) < 4.78 is 24.3. The van der Waals surface area contributed by atoms with E-state index >= 15 is 0 Å². The molecule has 1 aromatic heterocycles. The van der Waals surface area contributed by atoms with Gasteiger partial charge in [0.2, 0.25) is 0 Å². The molecule has 3 aromatic rings. The number of rotatable bonds is 6. The molecule has 0 radical (unpaired) electrons. The molecule has 6 nitrogen and oxygen atoms in total. The molecule has 28 heavy (non-hydrogen) atoms. The van der Waals surface area contributed by atoms with Gasteiger partial charge in [0.25, 0.3) is 0 Å². The van der Waals surface area contributed by atoms with E-state index in [0.29, 0.717) is 11.7 Å². The van der Waals surface area contributed by atoms with Crippen molar-refractivity contribution in [3.63, 3.8) is 0 Å². The van der Waals surface area contributed by atoms with Crippen LogP contribution >= 0.6 is 11.3 Å². The van der Waals surface area contributed by atoms with E-state index in [1.807, 2.05) is 12.1 Å². The molecule has 0 aliphatic carbocycles. The highest BCUT2D eigenvalue weighted by Gasteiger charge is 2.18. The summed E-state index contributed by atoms with van der Waals surface area (Å²) in [6.45, 7) is 3.69. The highest BCUT2D eigenvalue weighted by atomic mass is 32.1. The number of aromatic nitrogens is 2. The van der Waals surface area contributed by atoms with Crippen LogP contribution in [0.5, 0.6) is 11.5 Å². The molecular weight excluding hydrogens is 383 g/mol. The highest BCUT2D eigenvalue weighted by Crippen LogP contribution is 2.32. The zero-order chi connectivity index (χ0) is 20.3. The average molecular weight is 402 g/mol. The third kappa shape index (κ3) is 4.18. The fraction of sp³-hybridized carbons (Fsp3) is 0.250. The molecular formula is C20H19FN2O4S. The zero-order valence-electron chi connectivity index (χ0n) is 15.6. The summed E-state index contributed by atoms with van der Waals surface area (Å²) in [6, 6.07) is 9.42. The van der Waals surface area contributed by atoms with Gasteiger partial charge < -0.3 is 14.6 Å². The number of benzene rings is 2. The molecule has 0 saturated heterocycles. The molecule has 0 amide bonds. The van der Waals surface area contributed by atoms with Crippen molar-refractivity contribution >= 4 is 17.3 Å². The van der Waals surface area contributed by atoms with Crippen molar-refractivity contribution in [1.29, 1.82) is 0 Å². The van der Waals surface area contributed by atoms with Gasteiger partial charge in [-0.15, -0.1) is 10.2 Å². The normalized spacial score (nSPS) is 10.9. The van der Waals surface area contributed by atoms with Crippen molar-refractivity contribution in [3.8, 4) is 22.1 Å². The van der Waals surface area contributed by atoms with Crippen LogP contribution in [-0.4, -0.2) is 28.4 Å². The molecule has 1 N–H and O–H groups in total. The lowest BCUT2D eigenvalue weighted by molar-refractivity contribution is 0.0595. The van der Waals surface area contributed by atoms with Gasteiger partial charge in [-0.2, -0.15) is 0 Å². The second-order valence-corrected chi connectivity index (χ2v) is 7.33. The van der Waals surface area contributed by atoms with E-state index in [-0.39, 0.29) is 16.9 Å². The molecule has 0 fully saturated rings. The Labute approximate surface area is 165 Å². The fourth-order valence-corrected chi connectivity index (χ4v) is 3.31. The van der Waals surface area contributed by atoms with Crippen LogP contribution in [0.25, 0.3) is 10.6 Å². The van der Waals surface area contributed by atoms with Gasteiger partial charge >= 0.3 is 5.97 Å². The minimum atomic E-state index is -0.820. The van der Waals surface area contributed by atoms with Gasteiger partial charge in [0, 0.05) is 17.0 Å². The van der Waals surface area contributed by atoms with Crippen LogP contribution in [-0.2, 0) is 11.3 Å². The number of aliphatic hydroxyl groups excluding tert-OH is 1. The number of nitrogens with zero attached hydrogens (tertiary/aromatic N) is 2. The molecule has 0 aliphatic heterocycles. The van der Waals surface area contributed by atoms with E-state index in [1.165, 1.54) is 24.5 Å². The lowest BCUT2D eigenvalue weighted by Gasteiger charge is -2.12. The van der Waals surface area contributed by atoms with Gasteiger partial charge in [-0.1, -0.05) is 25.2 Å². The number of hydrogen-bond donors (Lipinski definition) is 1. The Hall–Kier alpha value is -2.84. The van der Waals surface area contributed by atoms with Crippen LogP contribution in [0.15, 0.2) is 36.4 Å². The maximum atomic E-state index is 14.0. The maximum absolute atomic E-state index is 14.0. The summed E-state index contributed by atoms with van der Waals surface area (Å²) in [4.78, 5) is 11.7. The van der Waals surface area contributed by atoms with E-state index in [1.54, 1.807) is 12.1 Å². The molecule has 0 bridgehead atoms. The zero-order valence-corrected chi connectivity index (χ0v) is 16.4. The first-order valence-corrected chi connectivity index (χ1v) is 9.37. The number of methoxy groups -OCH3 is 1. The van der Waals surface area contributed by atoms with Gasteiger partial charge in [0.1, 0.15) is 27.3 Å². The summed E-state index contributed by atoms with van der Waals surface area (Å²) >= 11 is 1.53. The Balaban J connectivity index is 1.86. The van der Waals surface area contributed by atoms with Crippen molar-refractivity contribution in [3.05, 3.63) is 58.3 Å². The highest BCUT2D eigenvalue weighted by molar-refractivity contribution is 7.14. The standard InChI is InChI=1S/C20H19FN2O4S/c1-11(2)18-22-23-19(28-18)12-4-6-14(7-5-12)27-17-9-15(20(25)26-3)16(21)8-13(17)10-24/h4-9,11,24H,10H2,1-3H3. The molecule has 0 saturated carbocycles. The van der Waals surface area contributed by atoms with E-state index in [9.17, 15) is 14.3 Å². The average Bonchev–Trinajstić information content (AvgIpc) is 3.19. The van der Waals surface area contributed by atoms with E-state index in [2.05, 4.69) is 28.8 Å². The second-order valence-electron chi connectivity index (χ2n) is 6.32. The van der Waals surface area contributed by atoms with Gasteiger partial charge in [-0.3, -0.25) is 0 Å². The Morgan fingerprint density at radius 2 is 1.93 bits per heavy atom. The maximum Gasteiger partial charge on any atom is 0.340 e. The molecule has 0 atom stereocenters. The molecule has 3 rings (SSSR count). The largest absolute Gasteiger partial charge is 0.465 e. The topological polar surface area (TPSA) is 81.5 Å². The van der Waals surface area contributed by atoms with Crippen LogP contribution in [0.4, 0.5) is 4.39 Å². The molecule has 0 aliphatic rings. The monoisotopic (exact) mass is 402 g/mol. The molecule has 0 spiro atoms. The number of ether oxygens (including phenoxy) is 2. The first-order valence-electron chi connectivity index (χ1n) is 8.56. The van der Waals surface area contributed by atoms with Crippen molar-refractivity contribution in [2.24, 2.45) is 0 Å². The van der Waals surface area contributed by atoms with E-state index in [4.69, 9.17) is 4.74 Å². The minimum absolute atomic E-state index is 0.176. The van der Waals surface area contributed by atoms with Crippen LogP contribution in [0, 0.1) is 5.82 Å². The Morgan fingerprint density at radius 3 is 2.50 bits per heavy atom. The van der Waals surface area contributed by atoms with Crippen molar-refractivity contribution < 1.29 is 23.8 Å². The minimum Gasteiger partial charge on any atom is -0.465 e. The number of carbonyl (C=O) groups excluding carboxylic acids is 1. The second kappa shape index (κ2) is 8.45. The third-order valence-electron chi connectivity index (χ3n) is 3.99. The first kappa shape index (κ1) is 19.9. The van der Waals surface area contributed by atoms with Crippen LogP contribution < -0.4 is 4.74 Å². The van der Waals surface area contributed by atoms with Crippen molar-refractivity contribution in [1.82, 2.24) is 10.2 Å². The molecule has 0 unspecified atom stereocenters. The number of aliphatic hydroxyl groups is 1. The lowest BCUT2D eigenvalue weighted by Crippen LogP contribution is -2.06. The summed E-state index contributed by atoms with van der Waals surface area (Å²) in [7, 11) is 1.17. The fourth-order valence-electron chi connectivity index (χ4n) is 2.46. The van der Waals surface area contributed by atoms with E-state index in [0.717, 1.165) is 21.6 Å². The van der Waals surface area contributed by atoms with Crippen molar-refractivity contribution in [2.45, 2.75) is 26.4 Å². The summed E-state index contributed by atoms with van der Waals surface area (Å²) in [6.07, 6.45) is 0. The summed E-state index contributed by atoms with van der Waals surface area (Å²) in [5.74, 6) is -0.645. The van der Waals surface area contributed by atoms with Crippen molar-refractivity contribution in [2.75, 3.05) is 7.11 Å². The van der Waals surface area contributed by atoms with Crippen LogP contribution in [0.3, 0.4) is 0 Å².